The average Bonchev–Trinajstić information content (AvgIpc) is 3.21. The first kappa shape index (κ1) is 15.3. The van der Waals surface area contributed by atoms with E-state index in [9.17, 15) is 5.11 Å². The topological polar surface area (TPSA) is 48.6 Å². The second-order valence-electron chi connectivity index (χ2n) is 5.80. The highest BCUT2D eigenvalue weighted by Crippen LogP contribution is 2.39. The van der Waals surface area contributed by atoms with Crippen molar-refractivity contribution in [3.05, 3.63) is 88.3 Å². The Morgan fingerprint density at radius 2 is 1.92 bits per heavy atom. The molecule has 2 aromatic carbocycles. The lowest BCUT2D eigenvalue weighted by Gasteiger charge is -2.20. The van der Waals surface area contributed by atoms with Gasteiger partial charge in [0.1, 0.15) is 24.2 Å². The number of rotatable bonds is 4. The minimum absolute atomic E-state index is 0.0960. The summed E-state index contributed by atoms with van der Waals surface area (Å²) >= 11 is 6.20. The van der Waals surface area contributed by atoms with Crippen molar-refractivity contribution >= 4 is 17.3 Å². The summed E-state index contributed by atoms with van der Waals surface area (Å²) in [5.41, 5.74) is 6.83. The van der Waals surface area contributed by atoms with Crippen LogP contribution in [0.2, 0.25) is 5.02 Å². The van der Waals surface area contributed by atoms with Crippen LogP contribution < -0.4 is 10.4 Å². The van der Waals surface area contributed by atoms with Crippen molar-refractivity contribution in [3.63, 3.8) is 0 Å². The number of nitrogens with one attached hydrogen (secondary N) is 1. The van der Waals surface area contributed by atoms with Crippen LogP contribution in [0.25, 0.3) is 0 Å². The molecule has 1 aliphatic heterocycles. The number of aliphatic hydroxyl groups excluding tert-OH is 1. The monoisotopic (exact) mass is 340 g/mol. The molecule has 0 amide bonds. The predicted molar refractivity (Wildman–Crippen MR) is 93.7 cm³/mol. The summed E-state index contributed by atoms with van der Waals surface area (Å²) < 4.78 is 5.73. The van der Waals surface area contributed by atoms with E-state index >= 15 is 0 Å². The quantitative estimate of drug-likeness (QED) is 0.752. The number of hydrazine groups is 1. The number of aliphatic hydroxyl groups is 1. The largest absolute Gasteiger partial charge is 0.462 e. The fraction of sp³-hybridized carbons (Fsp3) is 0.158. The second-order valence-corrected chi connectivity index (χ2v) is 6.24. The van der Waals surface area contributed by atoms with E-state index in [1.165, 1.54) is 5.56 Å². The maximum Gasteiger partial charge on any atom is 0.129 e. The third-order valence-corrected chi connectivity index (χ3v) is 4.42. The maximum atomic E-state index is 9.23. The predicted octanol–water partition coefficient (Wildman–Crippen LogP) is 4.04. The number of anilines is 1. The fourth-order valence-electron chi connectivity index (χ4n) is 3.04. The molecule has 5 heteroatoms. The van der Waals surface area contributed by atoms with Gasteiger partial charge in [0, 0.05) is 10.6 Å². The van der Waals surface area contributed by atoms with Gasteiger partial charge in [-0.2, -0.15) is 0 Å². The van der Waals surface area contributed by atoms with E-state index in [2.05, 4.69) is 22.6 Å². The number of hydrogen-bond donors (Lipinski definition) is 2. The summed E-state index contributed by atoms with van der Waals surface area (Å²) in [5, 5.41) is 12.0. The number of furan rings is 1. The Bertz CT molecular complexity index is 848. The molecule has 4 nitrogen and oxygen atoms in total. The van der Waals surface area contributed by atoms with Crippen molar-refractivity contribution in [2.24, 2.45) is 0 Å². The zero-order valence-corrected chi connectivity index (χ0v) is 13.7. The van der Waals surface area contributed by atoms with E-state index in [-0.39, 0.29) is 12.6 Å². The van der Waals surface area contributed by atoms with Crippen LogP contribution in [0.4, 0.5) is 5.69 Å². The standard InChI is InChI=1S/C19H17ClN2O2/c20-14-6-8-16-17(10-14)22(11-13-4-2-1-3-5-13)21-19(16)18-9-7-15(12-23)24-18/h1-10,19,21,23H,11-12H2. The molecule has 2 heterocycles. The average molecular weight is 341 g/mol. The van der Waals surface area contributed by atoms with Gasteiger partial charge in [-0.3, -0.25) is 0 Å². The molecule has 0 saturated heterocycles. The maximum absolute atomic E-state index is 9.23. The molecule has 0 spiro atoms. The summed E-state index contributed by atoms with van der Waals surface area (Å²) in [4.78, 5) is 0. The molecule has 0 fully saturated rings. The summed E-state index contributed by atoms with van der Waals surface area (Å²) in [6.45, 7) is 0.617. The van der Waals surface area contributed by atoms with E-state index in [0.29, 0.717) is 10.8 Å². The molecule has 4 rings (SSSR count). The highest BCUT2D eigenvalue weighted by Gasteiger charge is 2.31. The van der Waals surface area contributed by atoms with E-state index < -0.39 is 0 Å². The number of fused-ring (bicyclic) bond motifs is 1. The molecule has 1 aromatic heterocycles. The van der Waals surface area contributed by atoms with E-state index in [1.54, 1.807) is 6.07 Å². The van der Waals surface area contributed by atoms with Crippen LogP contribution in [0.15, 0.2) is 65.1 Å². The smallest absolute Gasteiger partial charge is 0.129 e. The minimum atomic E-state index is -0.103. The van der Waals surface area contributed by atoms with Gasteiger partial charge in [-0.05, 0) is 29.8 Å². The van der Waals surface area contributed by atoms with Crippen molar-refractivity contribution in [2.75, 3.05) is 5.01 Å². The van der Waals surface area contributed by atoms with Gasteiger partial charge >= 0.3 is 0 Å². The van der Waals surface area contributed by atoms with Crippen LogP contribution >= 0.6 is 11.6 Å². The third-order valence-electron chi connectivity index (χ3n) is 4.19. The Balaban J connectivity index is 1.69. The molecule has 0 bridgehead atoms. The number of nitrogens with zero attached hydrogens (tertiary/aromatic N) is 1. The molecule has 1 aliphatic rings. The van der Waals surface area contributed by atoms with E-state index in [4.69, 9.17) is 16.0 Å². The summed E-state index contributed by atoms with van der Waals surface area (Å²) in [5.74, 6) is 1.34. The summed E-state index contributed by atoms with van der Waals surface area (Å²) in [7, 11) is 0. The van der Waals surface area contributed by atoms with Gasteiger partial charge in [0.2, 0.25) is 0 Å². The minimum Gasteiger partial charge on any atom is -0.462 e. The van der Waals surface area contributed by atoms with Crippen molar-refractivity contribution in [3.8, 4) is 0 Å². The lowest BCUT2D eigenvalue weighted by Crippen LogP contribution is -2.34. The molecule has 122 valence electrons. The van der Waals surface area contributed by atoms with Crippen LogP contribution in [-0.2, 0) is 13.2 Å². The third kappa shape index (κ3) is 2.80. The molecule has 0 aliphatic carbocycles. The van der Waals surface area contributed by atoms with Crippen LogP contribution in [0, 0.1) is 0 Å². The van der Waals surface area contributed by atoms with Crippen LogP contribution in [0.3, 0.4) is 0 Å². The van der Waals surface area contributed by atoms with Crippen molar-refractivity contribution in [1.29, 1.82) is 0 Å². The van der Waals surface area contributed by atoms with Gasteiger partial charge in [-0.1, -0.05) is 48.0 Å². The second kappa shape index (κ2) is 6.32. The van der Waals surface area contributed by atoms with Crippen molar-refractivity contribution in [2.45, 2.75) is 19.2 Å². The molecule has 1 atom stereocenters. The van der Waals surface area contributed by atoms with Crippen molar-refractivity contribution in [1.82, 2.24) is 5.43 Å². The molecule has 3 aromatic rings. The fourth-order valence-corrected chi connectivity index (χ4v) is 3.20. The summed E-state index contributed by atoms with van der Waals surface area (Å²) in [6.07, 6.45) is 0. The molecule has 0 saturated carbocycles. The molecule has 0 radical (unpaired) electrons. The molecular formula is C19H17ClN2O2. The van der Waals surface area contributed by atoms with Gasteiger partial charge in [-0.15, -0.1) is 0 Å². The van der Waals surface area contributed by atoms with Crippen LogP contribution in [-0.4, -0.2) is 5.11 Å². The van der Waals surface area contributed by atoms with Gasteiger partial charge in [-0.25, -0.2) is 5.43 Å². The first-order chi connectivity index (χ1) is 11.7. The van der Waals surface area contributed by atoms with Crippen LogP contribution in [0.1, 0.15) is 28.7 Å². The van der Waals surface area contributed by atoms with Gasteiger partial charge < -0.3 is 14.5 Å². The first-order valence-electron chi connectivity index (χ1n) is 7.81. The summed E-state index contributed by atoms with van der Waals surface area (Å²) in [6, 6.07) is 19.7. The Morgan fingerprint density at radius 1 is 1.08 bits per heavy atom. The molecule has 1 unspecified atom stereocenters. The molecular weight excluding hydrogens is 324 g/mol. The van der Waals surface area contributed by atoms with E-state index in [1.807, 2.05) is 42.5 Å². The van der Waals surface area contributed by atoms with Gasteiger partial charge in [0.25, 0.3) is 0 Å². The highest BCUT2D eigenvalue weighted by atomic mass is 35.5. The lowest BCUT2D eigenvalue weighted by atomic mass is 10.0. The van der Waals surface area contributed by atoms with Crippen LogP contribution in [0.5, 0.6) is 0 Å². The Morgan fingerprint density at radius 3 is 2.67 bits per heavy atom. The van der Waals surface area contributed by atoms with Gasteiger partial charge in [0.05, 0.1) is 12.2 Å². The zero-order valence-electron chi connectivity index (χ0n) is 12.9. The number of hydrogen-bond acceptors (Lipinski definition) is 4. The molecule has 2 N–H and O–H groups in total. The highest BCUT2D eigenvalue weighted by molar-refractivity contribution is 6.30. The number of benzene rings is 2. The Kier molecular flexibility index (Phi) is 4.02. The first-order valence-corrected chi connectivity index (χ1v) is 8.19. The Labute approximate surface area is 145 Å². The lowest BCUT2D eigenvalue weighted by molar-refractivity contribution is 0.241. The zero-order chi connectivity index (χ0) is 16.5. The van der Waals surface area contributed by atoms with Gasteiger partial charge in [0.15, 0.2) is 0 Å². The SMILES string of the molecule is OCc1ccc(C2NN(Cc3ccccc3)c3cc(Cl)ccc32)o1. The molecule has 24 heavy (non-hydrogen) atoms. The van der Waals surface area contributed by atoms with E-state index in [0.717, 1.165) is 23.6 Å². The Hall–Kier alpha value is -2.27. The number of halogens is 1. The normalized spacial score (nSPS) is 16.4. The van der Waals surface area contributed by atoms with Crippen molar-refractivity contribution < 1.29 is 9.52 Å².